The van der Waals surface area contributed by atoms with Gasteiger partial charge in [0.15, 0.2) is 11.8 Å². The molecule has 1 unspecified atom stereocenters. The maximum Gasteiger partial charge on any atom is 0.338 e. The Hall–Kier alpha value is -3.43. The summed E-state index contributed by atoms with van der Waals surface area (Å²) in [6.45, 7) is 10.3. The lowest BCUT2D eigenvalue weighted by Crippen LogP contribution is -2.55. The number of benzene rings is 1. The van der Waals surface area contributed by atoms with Crippen molar-refractivity contribution in [1.29, 1.82) is 0 Å². The number of Topliss-reactive ketones (excluding diaryl/α,β-unsaturated/α-hetero) is 1. The minimum atomic E-state index is -1.73. The zero-order valence-corrected chi connectivity index (χ0v) is 26.4. The second-order valence-electron chi connectivity index (χ2n) is 12.5. The van der Waals surface area contributed by atoms with E-state index in [1.54, 1.807) is 20.8 Å². The summed E-state index contributed by atoms with van der Waals surface area (Å²) in [5, 5.41) is 5.11. The molecule has 1 atom stereocenters. The van der Waals surface area contributed by atoms with E-state index in [1.165, 1.54) is 84.1 Å². The maximum atomic E-state index is 13.5. The molecular weight excluding hydrogens is 538 g/mol. The summed E-state index contributed by atoms with van der Waals surface area (Å²) >= 11 is 0. The van der Waals surface area contributed by atoms with Crippen LogP contribution in [0.1, 0.15) is 116 Å². The molecule has 4 amide bonds. The second-order valence-corrected chi connectivity index (χ2v) is 12.5. The third-order valence-corrected chi connectivity index (χ3v) is 7.31. The van der Waals surface area contributed by atoms with Crippen LogP contribution >= 0.6 is 0 Å². The number of imide groups is 1. The van der Waals surface area contributed by atoms with Crippen LogP contribution in [0.15, 0.2) is 18.2 Å². The lowest BCUT2D eigenvalue weighted by atomic mass is 9.85. The summed E-state index contributed by atoms with van der Waals surface area (Å²) in [4.78, 5) is 66.0. The van der Waals surface area contributed by atoms with Crippen molar-refractivity contribution in [3.63, 3.8) is 0 Å². The second kappa shape index (κ2) is 15.7. The van der Waals surface area contributed by atoms with Crippen LogP contribution in [0.2, 0.25) is 0 Å². The Morgan fingerprint density at radius 1 is 0.952 bits per heavy atom. The number of carbonyl (C=O) groups excluding carboxylic acids is 5. The van der Waals surface area contributed by atoms with Gasteiger partial charge in [0, 0.05) is 5.41 Å². The van der Waals surface area contributed by atoms with Crippen molar-refractivity contribution in [2.75, 3.05) is 19.0 Å². The predicted octanol–water partition coefficient (Wildman–Crippen LogP) is 6.03. The average molecular weight is 588 g/mol. The molecule has 2 rings (SSSR count). The van der Waals surface area contributed by atoms with Gasteiger partial charge in [0.25, 0.3) is 11.8 Å². The van der Waals surface area contributed by atoms with Gasteiger partial charge in [-0.1, -0.05) is 85.5 Å². The summed E-state index contributed by atoms with van der Waals surface area (Å²) in [6.07, 6.45) is 11.7. The first-order chi connectivity index (χ1) is 19.7. The Kier molecular flexibility index (Phi) is 13.0. The molecule has 1 heterocycles. The fourth-order valence-corrected chi connectivity index (χ4v) is 4.74. The lowest BCUT2D eigenvalue weighted by molar-refractivity contribution is -0.144. The summed E-state index contributed by atoms with van der Waals surface area (Å²) in [6, 6.07) is 1.86. The van der Waals surface area contributed by atoms with Crippen LogP contribution in [0.3, 0.4) is 0 Å². The van der Waals surface area contributed by atoms with Crippen LogP contribution in [0.5, 0.6) is 5.75 Å². The Morgan fingerprint density at radius 3 is 2.02 bits per heavy atom. The number of ether oxygens (including phenoxy) is 2. The largest absolute Gasteiger partial charge is 0.495 e. The first-order valence-electron chi connectivity index (χ1n) is 15.1. The lowest BCUT2D eigenvalue weighted by Gasteiger charge is -2.29. The number of unbranched alkanes of at least 4 members (excludes halogenated alkanes) is 9. The van der Waals surface area contributed by atoms with Gasteiger partial charge >= 0.3 is 12.0 Å². The number of methoxy groups -OCH3 is 1. The molecular formula is C32H49N3O7. The van der Waals surface area contributed by atoms with E-state index in [-0.39, 0.29) is 23.6 Å². The molecule has 10 heteroatoms. The maximum absolute atomic E-state index is 13.5. The number of rotatable bonds is 17. The van der Waals surface area contributed by atoms with Gasteiger partial charge in [0.1, 0.15) is 11.3 Å². The number of hydrogen-bond acceptors (Lipinski definition) is 7. The molecule has 0 saturated carbocycles. The third kappa shape index (κ3) is 9.56. The molecule has 1 aliphatic heterocycles. The highest BCUT2D eigenvalue weighted by molar-refractivity contribution is 6.20. The first kappa shape index (κ1) is 34.8. The molecule has 1 saturated heterocycles. The van der Waals surface area contributed by atoms with Crippen LogP contribution in [0, 0.1) is 5.41 Å². The molecule has 0 aromatic heterocycles. The molecule has 1 aliphatic rings. The average Bonchev–Trinajstić information content (AvgIpc) is 3.12. The highest BCUT2D eigenvalue weighted by Gasteiger charge is 2.53. The van der Waals surface area contributed by atoms with Crippen molar-refractivity contribution in [2.24, 2.45) is 5.41 Å². The van der Waals surface area contributed by atoms with Crippen molar-refractivity contribution < 1.29 is 33.4 Å². The van der Waals surface area contributed by atoms with E-state index in [1.807, 2.05) is 0 Å². The molecule has 1 fully saturated rings. The number of anilines is 1. The fraction of sp³-hybridized carbons (Fsp3) is 0.656. The standard InChI is InChI=1S/C32H49N3O7/c1-8-9-10-11-12-13-14-15-16-17-20-42-28(38)22-18-19-24(41-7)23(21-22)33-27(37)25(26(36)31(2,3)4)35-29(39)32(5,6)34-30(35)40/h18-19,21,25H,8-17,20H2,1-7H3,(H,33,37)(H,34,40). The van der Waals surface area contributed by atoms with Crippen LogP contribution in [-0.2, 0) is 19.1 Å². The van der Waals surface area contributed by atoms with Crippen molar-refractivity contribution in [3.05, 3.63) is 23.8 Å². The number of amides is 4. The van der Waals surface area contributed by atoms with E-state index >= 15 is 0 Å². The molecule has 2 N–H and O–H groups in total. The third-order valence-electron chi connectivity index (χ3n) is 7.31. The molecule has 1 aromatic rings. The van der Waals surface area contributed by atoms with Crippen LogP contribution in [0.4, 0.5) is 10.5 Å². The van der Waals surface area contributed by atoms with Crippen LogP contribution < -0.4 is 15.4 Å². The van der Waals surface area contributed by atoms with Crippen molar-refractivity contribution in [2.45, 2.75) is 117 Å². The van der Waals surface area contributed by atoms with Gasteiger partial charge in [-0.15, -0.1) is 0 Å². The van der Waals surface area contributed by atoms with E-state index in [0.717, 1.165) is 19.3 Å². The first-order valence-corrected chi connectivity index (χ1v) is 15.1. The number of ketones is 1. The molecule has 234 valence electrons. The smallest absolute Gasteiger partial charge is 0.338 e. The zero-order chi connectivity index (χ0) is 31.5. The van der Waals surface area contributed by atoms with Crippen molar-refractivity contribution >= 4 is 35.3 Å². The van der Waals surface area contributed by atoms with Gasteiger partial charge in [0.05, 0.1) is 25.0 Å². The van der Waals surface area contributed by atoms with E-state index in [2.05, 4.69) is 17.6 Å². The highest BCUT2D eigenvalue weighted by Crippen LogP contribution is 2.30. The number of hydrogen-bond donors (Lipinski definition) is 2. The molecule has 0 radical (unpaired) electrons. The number of nitrogens with one attached hydrogen (secondary N) is 2. The number of nitrogens with zero attached hydrogens (tertiary/aromatic N) is 1. The van der Waals surface area contributed by atoms with Gasteiger partial charge in [-0.2, -0.15) is 0 Å². The zero-order valence-electron chi connectivity index (χ0n) is 26.4. The van der Waals surface area contributed by atoms with Gasteiger partial charge in [-0.05, 0) is 38.5 Å². The van der Waals surface area contributed by atoms with Gasteiger partial charge in [0.2, 0.25) is 0 Å². The van der Waals surface area contributed by atoms with Gasteiger partial charge in [-0.3, -0.25) is 14.4 Å². The molecule has 1 aromatic carbocycles. The summed E-state index contributed by atoms with van der Waals surface area (Å²) in [5.74, 6) is -2.53. The Balaban J connectivity index is 2.05. The number of urea groups is 1. The SMILES string of the molecule is CCCCCCCCCCCCOC(=O)c1ccc(OC)c(NC(=O)C(C(=O)C(C)(C)C)N2C(=O)NC(C)(C)C2=O)c1. The predicted molar refractivity (Wildman–Crippen MR) is 161 cm³/mol. The minimum Gasteiger partial charge on any atom is -0.495 e. The minimum absolute atomic E-state index is 0.105. The Bertz CT molecular complexity index is 1120. The van der Waals surface area contributed by atoms with Gasteiger partial charge < -0.3 is 20.1 Å². The quantitative estimate of drug-likeness (QED) is 0.0985. The molecule has 0 aliphatic carbocycles. The van der Waals surface area contributed by atoms with E-state index in [9.17, 15) is 24.0 Å². The Morgan fingerprint density at radius 2 is 1.52 bits per heavy atom. The van der Waals surface area contributed by atoms with Crippen molar-refractivity contribution in [3.8, 4) is 5.75 Å². The molecule has 0 bridgehead atoms. The summed E-state index contributed by atoms with van der Waals surface area (Å²) < 4.78 is 10.8. The van der Waals surface area contributed by atoms with E-state index in [0.29, 0.717) is 4.90 Å². The van der Waals surface area contributed by atoms with Crippen LogP contribution in [0.25, 0.3) is 0 Å². The topological polar surface area (TPSA) is 131 Å². The van der Waals surface area contributed by atoms with Crippen molar-refractivity contribution in [1.82, 2.24) is 10.2 Å². The fourth-order valence-electron chi connectivity index (χ4n) is 4.74. The molecule has 0 spiro atoms. The van der Waals surface area contributed by atoms with E-state index in [4.69, 9.17) is 9.47 Å². The number of esters is 1. The normalized spacial score (nSPS) is 15.3. The van der Waals surface area contributed by atoms with E-state index < -0.39 is 46.6 Å². The van der Waals surface area contributed by atoms with Crippen LogP contribution in [-0.4, -0.2) is 59.8 Å². The van der Waals surface area contributed by atoms with Gasteiger partial charge in [-0.25, -0.2) is 14.5 Å². The monoisotopic (exact) mass is 587 g/mol. The number of carbonyl (C=O) groups is 5. The summed E-state index contributed by atoms with van der Waals surface area (Å²) in [5.41, 5.74) is -2.02. The molecule has 42 heavy (non-hydrogen) atoms. The highest BCUT2D eigenvalue weighted by atomic mass is 16.5. The Labute approximate surface area is 250 Å². The molecule has 10 nitrogen and oxygen atoms in total. The summed E-state index contributed by atoms with van der Waals surface area (Å²) in [7, 11) is 1.39.